The maximum Gasteiger partial charge on any atom is 0.264 e. The number of hydrogen-bond acceptors (Lipinski definition) is 5. The molecule has 0 aliphatic rings. The molecule has 0 aliphatic carbocycles. The van der Waals surface area contributed by atoms with Gasteiger partial charge in [-0.3, -0.25) is 9.17 Å². The summed E-state index contributed by atoms with van der Waals surface area (Å²) in [7, 11) is -1.37. The summed E-state index contributed by atoms with van der Waals surface area (Å²) in [5.74, 6) is 0. The Morgan fingerprint density at radius 1 is 1.21 bits per heavy atom. The van der Waals surface area contributed by atoms with Crippen LogP contribution in [0.15, 0.2) is 30.7 Å². The number of unbranched alkanes of at least 4 members (excludes halogenated alkanes) is 4. The Morgan fingerprint density at radius 2 is 1.96 bits per heavy atom. The van der Waals surface area contributed by atoms with Crippen molar-refractivity contribution in [3.8, 4) is 11.3 Å². The van der Waals surface area contributed by atoms with Crippen LogP contribution in [0, 0.1) is 0 Å². The molecule has 0 spiro atoms. The predicted molar refractivity (Wildman–Crippen MR) is 90.5 cm³/mol. The van der Waals surface area contributed by atoms with Gasteiger partial charge in [-0.05, 0) is 31.4 Å². The highest BCUT2D eigenvalue weighted by Crippen LogP contribution is 2.14. The minimum absolute atomic E-state index is 0.280. The molecule has 8 heteroatoms. The highest BCUT2D eigenvalue weighted by atomic mass is 32.2. The quantitative estimate of drug-likeness (QED) is 0.369. The lowest BCUT2D eigenvalue weighted by molar-refractivity contribution is -0.755. The summed E-state index contributed by atoms with van der Waals surface area (Å²) in [5, 5.41) is 4.48. The van der Waals surface area contributed by atoms with Crippen LogP contribution >= 0.6 is 0 Å². The number of rotatable bonds is 10. The lowest BCUT2D eigenvalue weighted by Gasteiger charge is -2.01. The summed E-state index contributed by atoms with van der Waals surface area (Å²) in [6.07, 6.45) is 11.7. The van der Waals surface area contributed by atoms with Crippen molar-refractivity contribution in [3.05, 3.63) is 30.7 Å². The van der Waals surface area contributed by atoms with Crippen molar-refractivity contribution in [2.75, 3.05) is 12.9 Å². The molecule has 0 aromatic carbocycles. The van der Waals surface area contributed by atoms with Crippen molar-refractivity contribution in [2.45, 2.75) is 38.6 Å². The van der Waals surface area contributed by atoms with Crippen LogP contribution in [0.25, 0.3) is 11.3 Å². The molecule has 2 heterocycles. The van der Waals surface area contributed by atoms with Crippen LogP contribution in [0.1, 0.15) is 32.1 Å². The van der Waals surface area contributed by atoms with Gasteiger partial charge in [0.05, 0.1) is 18.1 Å². The van der Waals surface area contributed by atoms with E-state index in [2.05, 4.69) is 10.2 Å². The zero-order valence-corrected chi connectivity index (χ0v) is 15.1. The molecule has 0 amide bonds. The summed E-state index contributed by atoms with van der Waals surface area (Å²) in [4.78, 5) is 4.14. The second-order valence-corrected chi connectivity index (χ2v) is 7.47. The third kappa shape index (κ3) is 6.37. The molecule has 0 aliphatic heterocycles. The third-order valence-corrected chi connectivity index (χ3v) is 4.25. The zero-order chi connectivity index (χ0) is 17.4. The second-order valence-electron chi connectivity index (χ2n) is 5.83. The van der Waals surface area contributed by atoms with E-state index in [0.29, 0.717) is 0 Å². The zero-order valence-electron chi connectivity index (χ0n) is 14.3. The van der Waals surface area contributed by atoms with Crippen molar-refractivity contribution in [1.29, 1.82) is 0 Å². The molecule has 24 heavy (non-hydrogen) atoms. The normalized spacial score (nSPS) is 11.8. The number of hydrogen-bond donors (Lipinski definition) is 0. The van der Waals surface area contributed by atoms with Gasteiger partial charge in [-0.15, -0.1) is 9.36 Å². The maximum atomic E-state index is 10.8. The van der Waals surface area contributed by atoms with Gasteiger partial charge in [-0.25, -0.2) is 0 Å². The third-order valence-electron chi connectivity index (χ3n) is 3.66. The molecule has 0 N–H and O–H groups in total. The molecule has 0 bridgehead atoms. The largest absolute Gasteiger partial charge is 0.270 e. The molecule has 0 atom stereocenters. The topological polar surface area (TPSA) is 78.0 Å². The Labute approximate surface area is 143 Å². The minimum Gasteiger partial charge on any atom is -0.270 e. The van der Waals surface area contributed by atoms with E-state index in [-0.39, 0.29) is 6.61 Å². The minimum atomic E-state index is -3.30. The molecule has 2 aromatic rings. The fourth-order valence-electron chi connectivity index (χ4n) is 2.47. The van der Waals surface area contributed by atoms with E-state index < -0.39 is 10.1 Å². The Morgan fingerprint density at radius 3 is 2.67 bits per heavy atom. The highest BCUT2D eigenvalue weighted by molar-refractivity contribution is 7.85. The smallest absolute Gasteiger partial charge is 0.264 e. The van der Waals surface area contributed by atoms with Gasteiger partial charge in [-0.1, -0.05) is 12.8 Å². The predicted octanol–water partition coefficient (Wildman–Crippen LogP) is 1.70. The SMILES string of the molecule is Cn1n[n+](CCCCCCCOS(C)(=O)=O)cc1-c1cccnc1. The number of pyridine rings is 1. The molecule has 0 unspecified atom stereocenters. The van der Waals surface area contributed by atoms with E-state index in [0.717, 1.165) is 56.2 Å². The van der Waals surface area contributed by atoms with Crippen molar-refractivity contribution < 1.29 is 17.3 Å². The fraction of sp³-hybridized carbons (Fsp3) is 0.562. The first-order valence-corrected chi connectivity index (χ1v) is 9.96. The van der Waals surface area contributed by atoms with E-state index in [4.69, 9.17) is 4.18 Å². The van der Waals surface area contributed by atoms with Crippen molar-refractivity contribution in [2.24, 2.45) is 7.05 Å². The Bertz CT molecular complexity index is 729. The van der Waals surface area contributed by atoms with Gasteiger partial charge >= 0.3 is 0 Å². The van der Waals surface area contributed by atoms with Crippen LogP contribution in [0.2, 0.25) is 0 Å². The standard InChI is InChI=1S/C16H25N4O3S/c1-19-16(15-9-8-10-17-13-15)14-20(18-19)11-6-4-3-5-7-12-23-24(2,21)22/h8-10,13-14H,3-7,11-12H2,1-2H3/q+1. The summed E-state index contributed by atoms with van der Waals surface area (Å²) in [6.45, 7) is 1.15. The van der Waals surface area contributed by atoms with Crippen LogP contribution in [-0.4, -0.2) is 36.2 Å². The molecule has 0 radical (unpaired) electrons. The molecule has 0 saturated heterocycles. The van der Waals surface area contributed by atoms with E-state index in [1.54, 1.807) is 6.20 Å². The molecule has 132 valence electrons. The maximum absolute atomic E-state index is 10.8. The molecule has 0 saturated carbocycles. The van der Waals surface area contributed by atoms with Gasteiger partial charge in [0, 0.05) is 18.0 Å². The molecular formula is C16H25N4O3S+. The second kappa shape index (κ2) is 8.89. The summed E-state index contributed by atoms with van der Waals surface area (Å²) in [5.41, 5.74) is 2.10. The molecule has 7 nitrogen and oxygen atoms in total. The van der Waals surface area contributed by atoms with Gasteiger partial charge in [0.25, 0.3) is 10.1 Å². The summed E-state index contributed by atoms with van der Waals surface area (Å²) >= 11 is 0. The first kappa shape index (κ1) is 18.5. The van der Waals surface area contributed by atoms with Crippen molar-refractivity contribution in [1.82, 2.24) is 14.9 Å². The first-order valence-electron chi connectivity index (χ1n) is 8.14. The van der Waals surface area contributed by atoms with Crippen LogP contribution in [0.3, 0.4) is 0 Å². The van der Waals surface area contributed by atoms with Crippen molar-refractivity contribution in [3.63, 3.8) is 0 Å². The van der Waals surface area contributed by atoms with Gasteiger partial charge < -0.3 is 0 Å². The van der Waals surface area contributed by atoms with Gasteiger partial charge in [0.2, 0.25) is 0 Å². The van der Waals surface area contributed by atoms with Crippen LogP contribution in [-0.2, 0) is 27.9 Å². The average molecular weight is 353 g/mol. The lowest BCUT2D eigenvalue weighted by Crippen LogP contribution is -2.35. The van der Waals surface area contributed by atoms with Crippen LogP contribution in [0.4, 0.5) is 0 Å². The van der Waals surface area contributed by atoms with Gasteiger partial charge in [0.15, 0.2) is 11.9 Å². The van der Waals surface area contributed by atoms with Crippen LogP contribution < -0.4 is 4.68 Å². The number of nitrogens with zero attached hydrogens (tertiary/aromatic N) is 4. The summed E-state index contributed by atoms with van der Waals surface area (Å²) in [6, 6.07) is 3.94. The van der Waals surface area contributed by atoms with Crippen molar-refractivity contribution >= 4 is 10.1 Å². The Balaban J connectivity index is 1.67. The van der Waals surface area contributed by atoms with E-state index in [9.17, 15) is 8.42 Å². The van der Waals surface area contributed by atoms with E-state index in [1.165, 1.54) is 0 Å². The first-order chi connectivity index (χ1) is 11.5. The highest BCUT2D eigenvalue weighted by Gasteiger charge is 2.14. The number of aryl methyl sites for hydroxylation is 2. The summed E-state index contributed by atoms with van der Waals surface area (Å²) < 4.78 is 30.2. The fourth-order valence-corrected chi connectivity index (χ4v) is 2.89. The number of aromatic nitrogens is 4. The molecular weight excluding hydrogens is 328 g/mol. The van der Waals surface area contributed by atoms with Crippen LogP contribution in [0.5, 0.6) is 0 Å². The molecule has 2 rings (SSSR count). The van der Waals surface area contributed by atoms with E-state index >= 15 is 0 Å². The lowest BCUT2D eigenvalue weighted by atomic mass is 10.1. The molecule has 2 aromatic heterocycles. The Hall–Kier alpha value is -1.80. The average Bonchev–Trinajstić information content (AvgIpc) is 2.90. The Kier molecular flexibility index (Phi) is 6.86. The monoisotopic (exact) mass is 353 g/mol. The van der Waals surface area contributed by atoms with Gasteiger partial charge in [-0.2, -0.15) is 8.42 Å². The molecule has 0 fully saturated rings. The van der Waals surface area contributed by atoms with Gasteiger partial charge in [0.1, 0.15) is 13.6 Å². The van der Waals surface area contributed by atoms with E-state index in [1.807, 2.05) is 40.9 Å².